The highest BCUT2D eigenvalue weighted by molar-refractivity contribution is 5.66. The molecule has 0 radical (unpaired) electrons. The molecule has 2 heteroatoms. The van der Waals surface area contributed by atoms with Gasteiger partial charge in [-0.05, 0) is 47.9 Å². The lowest BCUT2D eigenvalue weighted by molar-refractivity contribution is 0.445. The number of halogens is 2. The molecule has 1 atom stereocenters. The first-order valence-corrected chi connectivity index (χ1v) is 7.25. The standard InChI is InChI=1S/C18H18F2/c1-2-12-6-7-14-11-15(9-8-13(14)10-12)16-4-3-5-17(19)18(16)20/h3-5,8-9,11-12H,2,6-7,10H2,1H3. The van der Waals surface area contributed by atoms with Crippen molar-refractivity contribution in [1.82, 2.24) is 0 Å². The fraction of sp³-hybridized carbons (Fsp3) is 0.333. The molecule has 2 aromatic rings. The molecule has 0 N–H and O–H groups in total. The molecule has 1 unspecified atom stereocenters. The first kappa shape index (κ1) is 13.3. The lowest BCUT2D eigenvalue weighted by Gasteiger charge is -2.24. The maximum Gasteiger partial charge on any atom is 0.166 e. The zero-order valence-electron chi connectivity index (χ0n) is 11.6. The Morgan fingerprint density at radius 1 is 1.10 bits per heavy atom. The van der Waals surface area contributed by atoms with E-state index in [0.29, 0.717) is 5.56 Å². The third-order valence-electron chi connectivity index (χ3n) is 4.38. The lowest BCUT2D eigenvalue weighted by atomic mass is 9.81. The van der Waals surface area contributed by atoms with Gasteiger partial charge in [0.15, 0.2) is 11.6 Å². The smallest absolute Gasteiger partial charge is 0.166 e. The SMILES string of the molecule is CCC1CCc2cc(-c3cccc(F)c3F)ccc2C1. The van der Waals surface area contributed by atoms with Gasteiger partial charge >= 0.3 is 0 Å². The zero-order chi connectivity index (χ0) is 14.1. The molecule has 0 spiro atoms. The molecule has 0 heterocycles. The van der Waals surface area contributed by atoms with Crippen LogP contribution < -0.4 is 0 Å². The molecular formula is C18H18F2. The van der Waals surface area contributed by atoms with Gasteiger partial charge in [-0.25, -0.2) is 8.78 Å². The van der Waals surface area contributed by atoms with Crippen LogP contribution in [0.4, 0.5) is 8.78 Å². The predicted octanol–water partition coefficient (Wildman–Crippen LogP) is 5.15. The van der Waals surface area contributed by atoms with Crippen LogP contribution in [0.2, 0.25) is 0 Å². The van der Waals surface area contributed by atoms with Gasteiger partial charge in [-0.2, -0.15) is 0 Å². The van der Waals surface area contributed by atoms with Crippen molar-refractivity contribution >= 4 is 0 Å². The summed E-state index contributed by atoms with van der Waals surface area (Å²) in [6.45, 7) is 2.23. The summed E-state index contributed by atoms with van der Waals surface area (Å²) in [6.07, 6.45) is 4.55. The van der Waals surface area contributed by atoms with E-state index in [1.807, 2.05) is 12.1 Å². The highest BCUT2D eigenvalue weighted by atomic mass is 19.2. The van der Waals surface area contributed by atoms with E-state index < -0.39 is 11.6 Å². The first-order valence-electron chi connectivity index (χ1n) is 7.25. The minimum Gasteiger partial charge on any atom is -0.204 e. The van der Waals surface area contributed by atoms with Gasteiger partial charge in [0.25, 0.3) is 0 Å². The quantitative estimate of drug-likeness (QED) is 0.709. The van der Waals surface area contributed by atoms with Crippen molar-refractivity contribution < 1.29 is 8.78 Å². The maximum absolute atomic E-state index is 13.9. The molecule has 1 aliphatic rings. The summed E-state index contributed by atoms with van der Waals surface area (Å²) in [5.41, 5.74) is 3.78. The van der Waals surface area contributed by atoms with Gasteiger partial charge in [0.1, 0.15) is 0 Å². The van der Waals surface area contributed by atoms with Gasteiger partial charge in [-0.1, -0.05) is 43.7 Å². The maximum atomic E-state index is 13.9. The Labute approximate surface area is 118 Å². The van der Waals surface area contributed by atoms with Crippen LogP contribution in [0.25, 0.3) is 11.1 Å². The van der Waals surface area contributed by atoms with Crippen LogP contribution in [0.1, 0.15) is 30.9 Å². The minimum absolute atomic E-state index is 0.352. The van der Waals surface area contributed by atoms with Crippen LogP contribution in [0.15, 0.2) is 36.4 Å². The molecule has 0 aliphatic heterocycles. The van der Waals surface area contributed by atoms with E-state index in [4.69, 9.17) is 0 Å². The van der Waals surface area contributed by atoms with Crippen LogP contribution in [-0.4, -0.2) is 0 Å². The molecule has 0 aromatic heterocycles. The highest BCUT2D eigenvalue weighted by Gasteiger charge is 2.18. The number of hydrogen-bond acceptors (Lipinski definition) is 0. The Hall–Kier alpha value is -1.70. The molecule has 0 saturated heterocycles. The molecule has 0 saturated carbocycles. The van der Waals surface area contributed by atoms with E-state index in [2.05, 4.69) is 13.0 Å². The van der Waals surface area contributed by atoms with Crippen LogP contribution in [-0.2, 0) is 12.8 Å². The number of hydrogen-bond donors (Lipinski definition) is 0. The van der Waals surface area contributed by atoms with Crippen LogP contribution >= 0.6 is 0 Å². The summed E-state index contributed by atoms with van der Waals surface area (Å²) < 4.78 is 27.2. The van der Waals surface area contributed by atoms with E-state index in [1.54, 1.807) is 12.1 Å². The van der Waals surface area contributed by atoms with Crippen LogP contribution in [0.5, 0.6) is 0 Å². The second-order valence-corrected chi connectivity index (χ2v) is 5.60. The largest absolute Gasteiger partial charge is 0.204 e. The van der Waals surface area contributed by atoms with Crippen LogP contribution in [0.3, 0.4) is 0 Å². The fourth-order valence-corrected chi connectivity index (χ4v) is 3.07. The molecule has 104 valence electrons. The summed E-state index contributed by atoms with van der Waals surface area (Å²) in [7, 11) is 0. The number of rotatable bonds is 2. The molecule has 0 amide bonds. The van der Waals surface area contributed by atoms with E-state index in [1.165, 1.54) is 24.0 Å². The zero-order valence-corrected chi connectivity index (χ0v) is 11.6. The van der Waals surface area contributed by atoms with Gasteiger partial charge in [-0.15, -0.1) is 0 Å². The summed E-state index contributed by atoms with van der Waals surface area (Å²) in [6, 6.07) is 10.4. The summed E-state index contributed by atoms with van der Waals surface area (Å²) >= 11 is 0. The molecular weight excluding hydrogens is 254 g/mol. The molecule has 0 fully saturated rings. The summed E-state index contributed by atoms with van der Waals surface area (Å²) in [5.74, 6) is -0.778. The van der Waals surface area contributed by atoms with Crippen LogP contribution in [0, 0.1) is 17.6 Å². The predicted molar refractivity (Wildman–Crippen MR) is 77.6 cm³/mol. The number of benzene rings is 2. The first-order chi connectivity index (χ1) is 9.69. The fourth-order valence-electron chi connectivity index (χ4n) is 3.07. The molecule has 0 bridgehead atoms. The van der Waals surface area contributed by atoms with Gasteiger partial charge in [-0.3, -0.25) is 0 Å². The van der Waals surface area contributed by atoms with Gasteiger partial charge in [0.2, 0.25) is 0 Å². The molecule has 0 nitrogen and oxygen atoms in total. The van der Waals surface area contributed by atoms with E-state index >= 15 is 0 Å². The third-order valence-corrected chi connectivity index (χ3v) is 4.38. The highest BCUT2D eigenvalue weighted by Crippen LogP contribution is 2.32. The van der Waals surface area contributed by atoms with Crippen molar-refractivity contribution in [1.29, 1.82) is 0 Å². The average molecular weight is 272 g/mol. The average Bonchev–Trinajstić information content (AvgIpc) is 2.49. The Kier molecular flexibility index (Phi) is 3.56. The molecule has 20 heavy (non-hydrogen) atoms. The van der Waals surface area contributed by atoms with E-state index in [0.717, 1.165) is 30.4 Å². The van der Waals surface area contributed by atoms with Crippen molar-refractivity contribution in [3.63, 3.8) is 0 Å². The molecule has 3 rings (SSSR count). The van der Waals surface area contributed by atoms with Crippen molar-refractivity contribution in [2.75, 3.05) is 0 Å². The van der Waals surface area contributed by atoms with Crippen molar-refractivity contribution in [2.24, 2.45) is 5.92 Å². The van der Waals surface area contributed by atoms with Gasteiger partial charge < -0.3 is 0 Å². The Morgan fingerprint density at radius 2 is 1.95 bits per heavy atom. The van der Waals surface area contributed by atoms with Gasteiger partial charge in [0, 0.05) is 5.56 Å². The molecule has 1 aliphatic carbocycles. The minimum atomic E-state index is -0.786. The van der Waals surface area contributed by atoms with E-state index in [9.17, 15) is 8.78 Å². The monoisotopic (exact) mass is 272 g/mol. The third kappa shape index (κ3) is 2.35. The second-order valence-electron chi connectivity index (χ2n) is 5.60. The Balaban J connectivity index is 1.99. The van der Waals surface area contributed by atoms with Crippen molar-refractivity contribution in [3.8, 4) is 11.1 Å². The summed E-state index contributed by atoms with van der Waals surface area (Å²) in [5, 5.41) is 0. The normalized spacial score (nSPS) is 17.9. The Bertz CT molecular complexity index is 631. The lowest BCUT2D eigenvalue weighted by Crippen LogP contribution is -2.13. The van der Waals surface area contributed by atoms with E-state index in [-0.39, 0.29) is 0 Å². The van der Waals surface area contributed by atoms with Crippen molar-refractivity contribution in [3.05, 3.63) is 59.2 Å². The number of fused-ring (bicyclic) bond motifs is 1. The number of aryl methyl sites for hydroxylation is 1. The Morgan fingerprint density at radius 3 is 2.75 bits per heavy atom. The van der Waals surface area contributed by atoms with Crippen molar-refractivity contribution in [2.45, 2.75) is 32.6 Å². The second kappa shape index (κ2) is 5.35. The summed E-state index contributed by atoms with van der Waals surface area (Å²) in [4.78, 5) is 0. The molecule has 2 aromatic carbocycles. The topological polar surface area (TPSA) is 0 Å². The van der Waals surface area contributed by atoms with Gasteiger partial charge in [0.05, 0.1) is 0 Å².